The van der Waals surface area contributed by atoms with Gasteiger partial charge in [-0.2, -0.15) is 0 Å². The number of sulfonamides is 1. The zero-order valence-corrected chi connectivity index (χ0v) is 16.5. The van der Waals surface area contributed by atoms with Crippen LogP contribution in [0.1, 0.15) is 46.3 Å². The highest BCUT2D eigenvalue weighted by Gasteiger charge is 2.20. The van der Waals surface area contributed by atoms with Gasteiger partial charge in [0, 0.05) is 18.0 Å². The van der Waals surface area contributed by atoms with Gasteiger partial charge < -0.3 is 5.32 Å². The molecule has 2 N–H and O–H groups in total. The van der Waals surface area contributed by atoms with E-state index in [4.69, 9.17) is 0 Å². The third-order valence-electron chi connectivity index (χ3n) is 4.71. The number of aryl methyl sites for hydroxylation is 1. The predicted molar refractivity (Wildman–Crippen MR) is 104 cm³/mol. The molecule has 2 aromatic carbocycles. The van der Waals surface area contributed by atoms with Crippen LogP contribution < -0.4 is 10.0 Å². The maximum absolute atomic E-state index is 12.6. The minimum atomic E-state index is -3.62. The molecule has 6 heteroatoms. The number of amides is 1. The van der Waals surface area contributed by atoms with Crippen molar-refractivity contribution in [3.63, 3.8) is 0 Å². The molecule has 0 radical (unpaired) electrons. The van der Waals surface area contributed by atoms with Crippen molar-refractivity contribution in [3.05, 3.63) is 64.7 Å². The quantitative estimate of drug-likeness (QED) is 0.782. The molecular formula is C20H26N2O3S. The standard InChI is InChI=1S/C20H26N2O3S/c1-5-16(17-9-7-6-8-10-17)13-22-20(23)18-11-14(2)15(3)19(12-18)26(24,25)21-4/h6-12,16,21H,5,13H2,1-4H3,(H,22,23). The molecule has 5 nitrogen and oxygen atoms in total. The zero-order chi connectivity index (χ0) is 19.3. The Bertz CT molecular complexity index is 877. The second-order valence-electron chi connectivity index (χ2n) is 6.35. The highest BCUT2D eigenvalue weighted by molar-refractivity contribution is 7.89. The van der Waals surface area contributed by atoms with E-state index in [1.165, 1.54) is 18.7 Å². The zero-order valence-electron chi connectivity index (χ0n) is 15.7. The Morgan fingerprint density at radius 2 is 1.77 bits per heavy atom. The Morgan fingerprint density at radius 1 is 1.12 bits per heavy atom. The molecule has 0 heterocycles. The highest BCUT2D eigenvalue weighted by atomic mass is 32.2. The van der Waals surface area contributed by atoms with E-state index in [2.05, 4.69) is 17.0 Å². The van der Waals surface area contributed by atoms with Gasteiger partial charge in [0.25, 0.3) is 5.91 Å². The number of hydrogen-bond donors (Lipinski definition) is 2. The molecule has 2 rings (SSSR count). The van der Waals surface area contributed by atoms with E-state index in [1.807, 2.05) is 30.3 Å². The topological polar surface area (TPSA) is 75.3 Å². The molecule has 0 aliphatic carbocycles. The average Bonchev–Trinajstić information content (AvgIpc) is 2.64. The molecule has 2 aromatic rings. The highest BCUT2D eigenvalue weighted by Crippen LogP contribution is 2.22. The van der Waals surface area contributed by atoms with Crippen LogP contribution in [0.5, 0.6) is 0 Å². The lowest BCUT2D eigenvalue weighted by atomic mass is 9.96. The van der Waals surface area contributed by atoms with Crippen molar-refractivity contribution in [1.82, 2.24) is 10.0 Å². The van der Waals surface area contributed by atoms with Crippen LogP contribution >= 0.6 is 0 Å². The van der Waals surface area contributed by atoms with E-state index in [0.29, 0.717) is 17.7 Å². The van der Waals surface area contributed by atoms with E-state index < -0.39 is 10.0 Å². The molecule has 1 amide bonds. The number of benzene rings is 2. The molecule has 0 saturated heterocycles. The van der Waals surface area contributed by atoms with Gasteiger partial charge in [0.2, 0.25) is 10.0 Å². The summed E-state index contributed by atoms with van der Waals surface area (Å²) in [6, 6.07) is 13.2. The van der Waals surface area contributed by atoms with Crippen LogP contribution in [0, 0.1) is 13.8 Å². The van der Waals surface area contributed by atoms with Crippen LogP contribution in [0.2, 0.25) is 0 Å². The Balaban J connectivity index is 2.22. The van der Waals surface area contributed by atoms with Crippen molar-refractivity contribution in [1.29, 1.82) is 0 Å². The van der Waals surface area contributed by atoms with Crippen LogP contribution in [-0.2, 0) is 10.0 Å². The van der Waals surface area contributed by atoms with Crippen molar-refractivity contribution in [2.24, 2.45) is 0 Å². The van der Waals surface area contributed by atoms with Crippen molar-refractivity contribution in [2.75, 3.05) is 13.6 Å². The van der Waals surface area contributed by atoms with E-state index >= 15 is 0 Å². The maximum atomic E-state index is 12.6. The molecule has 26 heavy (non-hydrogen) atoms. The molecular weight excluding hydrogens is 348 g/mol. The van der Waals surface area contributed by atoms with Crippen LogP contribution in [0.4, 0.5) is 0 Å². The number of carbonyl (C=O) groups excluding carboxylic acids is 1. The summed E-state index contributed by atoms with van der Waals surface area (Å²) < 4.78 is 26.7. The van der Waals surface area contributed by atoms with Crippen LogP contribution in [0.3, 0.4) is 0 Å². The monoisotopic (exact) mass is 374 g/mol. The summed E-state index contributed by atoms with van der Waals surface area (Å²) in [6.45, 7) is 6.13. The number of nitrogens with one attached hydrogen (secondary N) is 2. The van der Waals surface area contributed by atoms with E-state index in [0.717, 1.165) is 12.0 Å². The first-order valence-corrected chi connectivity index (χ1v) is 10.2. The Labute approximate surface area is 155 Å². The SMILES string of the molecule is CCC(CNC(=O)c1cc(C)c(C)c(S(=O)(=O)NC)c1)c1ccccc1. The molecule has 1 unspecified atom stereocenters. The summed E-state index contributed by atoms with van der Waals surface area (Å²) in [5, 5.41) is 2.94. The molecule has 0 spiro atoms. The number of hydrogen-bond acceptors (Lipinski definition) is 3. The molecule has 140 valence electrons. The van der Waals surface area contributed by atoms with Crippen LogP contribution in [-0.4, -0.2) is 27.9 Å². The second kappa shape index (κ2) is 8.47. The Kier molecular flexibility index (Phi) is 6.56. The minimum Gasteiger partial charge on any atom is -0.351 e. The second-order valence-corrected chi connectivity index (χ2v) is 8.20. The normalized spacial score (nSPS) is 12.6. The van der Waals surface area contributed by atoms with Crippen molar-refractivity contribution in [2.45, 2.75) is 38.0 Å². The molecule has 0 fully saturated rings. The summed E-state index contributed by atoms with van der Waals surface area (Å²) in [5.41, 5.74) is 2.94. The lowest BCUT2D eigenvalue weighted by Gasteiger charge is -2.17. The summed E-state index contributed by atoms with van der Waals surface area (Å²) in [5.74, 6) is -0.0535. The van der Waals surface area contributed by atoms with Gasteiger partial charge in [-0.1, -0.05) is 37.3 Å². The first-order chi connectivity index (χ1) is 12.3. The van der Waals surface area contributed by atoms with Gasteiger partial charge in [0.1, 0.15) is 0 Å². The third-order valence-corrected chi connectivity index (χ3v) is 6.25. The molecule has 0 aliphatic rings. The van der Waals surface area contributed by atoms with Gasteiger partial charge in [0.15, 0.2) is 0 Å². The summed E-state index contributed by atoms with van der Waals surface area (Å²) in [4.78, 5) is 12.7. The molecule has 0 saturated carbocycles. The lowest BCUT2D eigenvalue weighted by Crippen LogP contribution is -2.29. The van der Waals surface area contributed by atoms with E-state index in [-0.39, 0.29) is 16.7 Å². The molecule has 0 bridgehead atoms. The largest absolute Gasteiger partial charge is 0.351 e. The van der Waals surface area contributed by atoms with Gasteiger partial charge in [-0.3, -0.25) is 4.79 Å². The van der Waals surface area contributed by atoms with E-state index in [9.17, 15) is 13.2 Å². The number of rotatable bonds is 7. The van der Waals surface area contributed by atoms with Crippen LogP contribution in [0.15, 0.2) is 47.4 Å². The van der Waals surface area contributed by atoms with Crippen LogP contribution in [0.25, 0.3) is 0 Å². The molecule has 0 aliphatic heterocycles. The fourth-order valence-electron chi connectivity index (χ4n) is 2.89. The first-order valence-electron chi connectivity index (χ1n) is 8.68. The third kappa shape index (κ3) is 4.51. The summed E-state index contributed by atoms with van der Waals surface area (Å²) in [6.07, 6.45) is 0.899. The Morgan fingerprint density at radius 3 is 2.35 bits per heavy atom. The number of carbonyl (C=O) groups is 1. The average molecular weight is 375 g/mol. The molecule has 1 atom stereocenters. The smallest absolute Gasteiger partial charge is 0.251 e. The van der Waals surface area contributed by atoms with Gasteiger partial charge in [-0.05, 0) is 56.1 Å². The Hall–Kier alpha value is -2.18. The van der Waals surface area contributed by atoms with Gasteiger partial charge in [-0.25, -0.2) is 13.1 Å². The molecule has 0 aromatic heterocycles. The van der Waals surface area contributed by atoms with Gasteiger partial charge in [0.05, 0.1) is 4.90 Å². The predicted octanol–water partition coefficient (Wildman–Crippen LogP) is 3.14. The first kappa shape index (κ1) is 20.1. The fraction of sp³-hybridized carbons (Fsp3) is 0.350. The van der Waals surface area contributed by atoms with Gasteiger partial charge >= 0.3 is 0 Å². The fourth-order valence-corrected chi connectivity index (χ4v) is 3.95. The lowest BCUT2D eigenvalue weighted by molar-refractivity contribution is 0.0950. The van der Waals surface area contributed by atoms with Crippen molar-refractivity contribution in [3.8, 4) is 0 Å². The summed E-state index contributed by atoms with van der Waals surface area (Å²) in [7, 11) is -2.25. The van der Waals surface area contributed by atoms with Gasteiger partial charge in [-0.15, -0.1) is 0 Å². The van der Waals surface area contributed by atoms with Crippen molar-refractivity contribution < 1.29 is 13.2 Å². The van der Waals surface area contributed by atoms with E-state index in [1.54, 1.807) is 19.9 Å². The maximum Gasteiger partial charge on any atom is 0.251 e. The van der Waals surface area contributed by atoms with Crippen molar-refractivity contribution >= 4 is 15.9 Å². The minimum absolute atomic E-state index is 0.139. The summed E-state index contributed by atoms with van der Waals surface area (Å²) >= 11 is 0.